The average Bonchev–Trinajstić information content (AvgIpc) is 3.52. The monoisotopic (exact) mass is 587 g/mol. The van der Waals surface area contributed by atoms with E-state index >= 15 is 0 Å². The molecular weight excluding hydrogens is 558 g/mol. The normalized spacial score (nSPS) is 11.5. The van der Waals surface area contributed by atoms with Crippen LogP contribution in [0.2, 0.25) is 0 Å². The summed E-state index contributed by atoms with van der Waals surface area (Å²) in [5.41, 5.74) is 9.73. The Labute approximate surface area is 267 Å². The molecular formula is C44H29NO. The summed E-state index contributed by atoms with van der Waals surface area (Å²) in [7, 11) is 0. The number of furan rings is 1. The van der Waals surface area contributed by atoms with Gasteiger partial charge in [0.15, 0.2) is 5.58 Å². The van der Waals surface area contributed by atoms with Gasteiger partial charge in [0, 0.05) is 27.5 Å². The van der Waals surface area contributed by atoms with Crippen LogP contribution in [0.25, 0.3) is 65.7 Å². The molecule has 0 unspecified atom stereocenters. The minimum absolute atomic E-state index is 0.871. The van der Waals surface area contributed by atoms with Gasteiger partial charge in [0.1, 0.15) is 5.58 Å². The second kappa shape index (κ2) is 10.8. The van der Waals surface area contributed by atoms with Crippen molar-refractivity contribution in [3.8, 4) is 22.3 Å². The van der Waals surface area contributed by atoms with E-state index < -0.39 is 0 Å². The fourth-order valence-electron chi connectivity index (χ4n) is 6.81. The van der Waals surface area contributed by atoms with E-state index in [0.29, 0.717) is 0 Å². The summed E-state index contributed by atoms with van der Waals surface area (Å²) in [6, 6.07) is 62.5. The molecule has 0 saturated heterocycles. The number of hydrogen-bond acceptors (Lipinski definition) is 2. The quantitative estimate of drug-likeness (QED) is 0.199. The van der Waals surface area contributed by atoms with Crippen molar-refractivity contribution in [3.63, 3.8) is 0 Å². The predicted molar refractivity (Wildman–Crippen MR) is 194 cm³/mol. The van der Waals surface area contributed by atoms with Gasteiger partial charge in [-0.25, -0.2) is 0 Å². The first-order chi connectivity index (χ1) is 22.8. The van der Waals surface area contributed by atoms with Crippen molar-refractivity contribution in [3.05, 3.63) is 176 Å². The second-order valence-electron chi connectivity index (χ2n) is 11.7. The third kappa shape index (κ3) is 4.35. The molecule has 0 radical (unpaired) electrons. The lowest BCUT2D eigenvalue weighted by Gasteiger charge is -2.25. The van der Waals surface area contributed by atoms with Crippen molar-refractivity contribution in [2.45, 2.75) is 0 Å². The van der Waals surface area contributed by atoms with Crippen molar-refractivity contribution in [1.82, 2.24) is 0 Å². The van der Waals surface area contributed by atoms with Gasteiger partial charge < -0.3 is 9.32 Å². The van der Waals surface area contributed by atoms with Crippen LogP contribution in [-0.4, -0.2) is 0 Å². The van der Waals surface area contributed by atoms with Crippen LogP contribution in [0.1, 0.15) is 0 Å². The van der Waals surface area contributed by atoms with Crippen LogP contribution in [0.15, 0.2) is 180 Å². The first kappa shape index (κ1) is 26.3. The molecule has 0 N–H and O–H groups in total. The Bertz CT molecular complexity index is 2510. The molecule has 216 valence electrons. The topological polar surface area (TPSA) is 16.4 Å². The van der Waals surface area contributed by atoms with Crippen LogP contribution >= 0.6 is 0 Å². The molecule has 0 bridgehead atoms. The lowest BCUT2D eigenvalue weighted by atomic mass is 9.95. The Morgan fingerprint density at radius 1 is 0.348 bits per heavy atom. The number of anilines is 3. The molecule has 0 amide bonds. The summed E-state index contributed by atoms with van der Waals surface area (Å²) in [5.74, 6) is 0. The smallest absolute Gasteiger partial charge is 0.159 e. The molecule has 0 atom stereocenters. The summed E-state index contributed by atoms with van der Waals surface area (Å²) >= 11 is 0. The van der Waals surface area contributed by atoms with Crippen molar-refractivity contribution >= 4 is 60.5 Å². The molecule has 9 aromatic rings. The van der Waals surface area contributed by atoms with Crippen molar-refractivity contribution in [1.29, 1.82) is 0 Å². The Hall–Kier alpha value is -6.12. The lowest BCUT2D eigenvalue weighted by molar-refractivity contribution is 0.673. The highest BCUT2D eigenvalue weighted by atomic mass is 16.3. The fourth-order valence-corrected chi connectivity index (χ4v) is 6.81. The first-order valence-electron chi connectivity index (χ1n) is 15.7. The maximum atomic E-state index is 6.90. The van der Waals surface area contributed by atoms with Gasteiger partial charge in [-0.3, -0.25) is 0 Å². The van der Waals surface area contributed by atoms with E-state index in [1.54, 1.807) is 0 Å². The molecule has 1 aromatic heterocycles. The Morgan fingerprint density at radius 2 is 0.957 bits per heavy atom. The number of fused-ring (bicyclic) bond motifs is 6. The maximum absolute atomic E-state index is 6.90. The molecule has 0 aliphatic carbocycles. The molecule has 1 heterocycles. The van der Waals surface area contributed by atoms with E-state index in [4.69, 9.17) is 4.42 Å². The zero-order valence-electron chi connectivity index (χ0n) is 25.1. The number of para-hydroxylation sites is 2. The number of nitrogens with zero attached hydrogens (tertiary/aromatic N) is 1. The van der Waals surface area contributed by atoms with Crippen molar-refractivity contribution in [2.24, 2.45) is 0 Å². The van der Waals surface area contributed by atoms with E-state index in [9.17, 15) is 0 Å². The van der Waals surface area contributed by atoms with Gasteiger partial charge in [-0.05, 0) is 80.9 Å². The maximum Gasteiger partial charge on any atom is 0.159 e. The molecule has 0 aliphatic rings. The molecule has 9 rings (SSSR count). The van der Waals surface area contributed by atoms with E-state index in [-0.39, 0.29) is 0 Å². The first-order valence-corrected chi connectivity index (χ1v) is 15.7. The Balaban J connectivity index is 1.23. The molecule has 8 aromatic carbocycles. The van der Waals surface area contributed by atoms with Gasteiger partial charge >= 0.3 is 0 Å². The number of hydrogen-bond donors (Lipinski definition) is 0. The van der Waals surface area contributed by atoms with Gasteiger partial charge in [-0.1, -0.05) is 133 Å². The summed E-state index contributed by atoms with van der Waals surface area (Å²) in [4.78, 5) is 2.30. The minimum Gasteiger partial charge on any atom is -0.453 e. The second-order valence-corrected chi connectivity index (χ2v) is 11.7. The lowest BCUT2D eigenvalue weighted by Crippen LogP contribution is -2.10. The largest absolute Gasteiger partial charge is 0.453 e. The van der Waals surface area contributed by atoms with E-state index in [0.717, 1.165) is 44.4 Å². The Morgan fingerprint density at radius 3 is 1.76 bits per heavy atom. The third-order valence-corrected chi connectivity index (χ3v) is 9.03. The molecule has 0 fully saturated rings. The fraction of sp³-hybridized carbons (Fsp3) is 0. The predicted octanol–water partition coefficient (Wildman–Crippen LogP) is 12.7. The molecule has 0 spiro atoms. The molecule has 0 saturated carbocycles. The molecule has 0 aliphatic heterocycles. The van der Waals surface area contributed by atoms with E-state index in [1.165, 1.54) is 38.4 Å². The highest BCUT2D eigenvalue weighted by Gasteiger charge is 2.21. The summed E-state index contributed by atoms with van der Waals surface area (Å²) in [5, 5.41) is 7.02. The average molecular weight is 588 g/mol. The number of rotatable bonds is 5. The third-order valence-electron chi connectivity index (χ3n) is 9.03. The summed E-state index contributed by atoms with van der Waals surface area (Å²) in [6.07, 6.45) is 0. The van der Waals surface area contributed by atoms with Gasteiger partial charge in [-0.2, -0.15) is 0 Å². The van der Waals surface area contributed by atoms with Crippen LogP contribution in [0.4, 0.5) is 17.1 Å². The number of benzene rings is 8. The van der Waals surface area contributed by atoms with Gasteiger partial charge in [0.2, 0.25) is 0 Å². The van der Waals surface area contributed by atoms with Crippen LogP contribution in [0.3, 0.4) is 0 Å². The van der Waals surface area contributed by atoms with Crippen LogP contribution < -0.4 is 4.90 Å². The molecule has 46 heavy (non-hydrogen) atoms. The molecule has 2 heteroatoms. The zero-order chi connectivity index (χ0) is 30.5. The van der Waals surface area contributed by atoms with Crippen LogP contribution in [0, 0.1) is 0 Å². The van der Waals surface area contributed by atoms with Gasteiger partial charge in [-0.15, -0.1) is 0 Å². The standard InChI is InChI=1S/C44H29NO/c1-3-13-32(14-4-1)40-29-41-39-20-11-21-42(44(39)46-43(41)38-19-10-9-18-37(38)40)45(35-16-5-2-6-17-35)36-26-24-31(25-27-36)34-23-22-30-12-7-8-15-33(30)28-34/h1-29H. The summed E-state index contributed by atoms with van der Waals surface area (Å²) in [6.45, 7) is 0. The highest BCUT2D eigenvalue weighted by Crippen LogP contribution is 2.45. The summed E-state index contributed by atoms with van der Waals surface area (Å²) < 4.78 is 6.90. The molecule has 2 nitrogen and oxygen atoms in total. The van der Waals surface area contributed by atoms with E-state index in [1.807, 2.05) is 0 Å². The van der Waals surface area contributed by atoms with Gasteiger partial charge in [0.25, 0.3) is 0 Å². The minimum atomic E-state index is 0.871. The van der Waals surface area contributed by atoms with Crippen LogP contribution in [-0.2, 0) is 0 Å². The van der Waals surface area contributed by atoms with Gasteiger partial charge in [0.05, 0.1) is 5.69 Å². The zero-order valence-corrected chi connectivity index (χ0v) is 25.1. The Kier molecular flexibility index (Phi) is 6.17. The highest BCUT2D eigenvalue weighted by molar-refractivity contribution is 6.21. The van der Waals surface area contributed by atoms with Crippen LogP contribution in [0.5, 0.6) is 0 Å². The SMILES string of the molecule is c1ccc(-c2cc3c4cccc(N(c5ccccc5)c5ccc(-c6ccc7ccccc7c6)cc5)c4oc3c3ccccc23)cc1. The van der Waals surface area contributed by atoms with Crippen molar-refractivity contribution in [2.75, 3.05) is 4.90 Å². The van der Waals surface area contributed by atoms with E-state index in [2.05, 4.69) is 181 Å². The van der Waals surface area contributed by atoms with Crippen molar-refractivity contribution < 1.29 is 4.42 Å².